The highest BCUT2D eigenvalue weighted by atomic mass is 16.4. The van der Waals surface area contributed by atoms with Crippen LogP contribution in [-0.2, 0) is 0 Å². The quantitative estimate of drug-likeness (QED) is 0.360. The van der Waals surface area contributed by atoms with E-state index in [-0.39, 0.29) is 17.8 Å². The fraction of sp³-hybridized carbons (Fsp3) is 0.385. The Morgan fingerprint density at radius 2 is 2.00 bits per heavy atom. The third kappa shape index (κ3) is 3.76. The number of carbonyl (C=O) groups is 1. The molecule has 0 saturated heterocycles. The van der Waals surface area contributed by atoms with Crippen molar-refractivity contribution in [2.75, 3.05) is 6.54 Å². The van der Waals surface area contributed by atoms with E-state index in [9.17, 15) is 4.79 Å². The van der Waals surface area contributed by atoms with Gasteiger partial charge in [-0.05, 0) is 26.0 Å². The van der Waals surface area contributed by atoms with Gasteiger partial charge in [0, 0.05) is 24.6 Å². The highest BCUT2D eigenvalue weighted by Gasteiger charge is 2.18. The summed E-state index contributed by atoms with van der Waals surface area (Å²) in [5.41, 5.74) is 6.07. The van der Waals surface area contributed by atoms with Crippen LogP contribution in [0.3, 0.4) is 0 Å². The second-order valence-corrected chi connectivity index (χ2v) is 4.30. The van der Waals surface area contributed by atoms with E-state index in [1.807, 2.05) is 32.0 Å². The second kappa shape index (κ2) is 6.64. The predicted molar refractivity (Wildman–Crippen MR) is 70.6 cm³/mol. The highest BCUT2D eigenvalue weighted by Crippen LogP contribution is 2.09. The maximum Gasteiger partial charge on any atom is 0.254 e. The third-order valence-electron chi connectivity index (χ3n) is 2.64. The molecule has 98 valence electrons. The molecule has 3 N–H and O–H groups in total. The van der Waals surface area contributed by atoms with Gasteiger partial charge in [-0.15, -0.1) is 0 Å². The van der Waals surface area contributed by atoms with Crippen molar-refractivity contribution in [2.45, 2.75) is 26.3 Å². The van der Waals surface area contributed by atoms with E-state index in [0.717, 1.165) is 0 Å². The zero-order chi connectivity index (χ0) is 13.5. The fourth-order valence-electron chi connectivity index (χ4n) is 1.63. The largest absolute Gasteiger partial charge is 0.409 e. The van der Waals surface area contributed by atoms with E-state index >= 15 is 0 Å². The van der Waals surface area contributed by atoms with E-state index in [2.05, 4.69) is 5.16 Å². The summed E-state index contributed by atoms with van der Waals surface area (Å²) in [6.07, 6.45) is 0.354. The van der Waals surface area contributed by atoms with Crippen molar-refractivity contribution in [3.63, 3.8) is 0 Å². The van der Waals surface area contributed by atoms with Crippen LogP contribution in [0.25, 0.3) is 0 Å². The smallest absolute Gasteiger partial charge is 0.254 e. The van der Waals surface area contributed by atoms with Crippen molar-refractivity contribution in [1.82, 2.24) is 4.90 Å². The Hall–Kier alpha value is -2.04. The number of hydrogen-bond acceptors (Lipinski definition) is 3. The van der Waals surface area contributed by atoms with Crippen LogP contribution >= 0.6 is 0 Å². The van der Waals surface area contributed by atoms with Gasteiger partial charge in [0.05, 0.1) is 0 Å². The molecule has 1 aromatic carbocycles. The molecule has 0 aliphatic heterocycles. The SMILES string of the molecule is CC(C)N(CCC(N)=NO)C(=O)c1ccccc1. The molecule has 1 aromatic rings. The van der Waals surface area contributed by atoms with Crippen LogP contribution in [0.2, 0.25) is 0 Å². The van der Waals surface area contributed by atoms with Crippen molar-refractivity contribution >= 4 is 11.7 Å². The molecular formula is C13H19N3O2. The van der Waals surface area contributed by atoms with Gasteiger partial charge in [-0.3, -0.25) is 4.79 Å². The zero-order valence-electron chi connectivity index (χ0n) is 10.7. The molecule has 0 aliphatic carbocycles. The van der Waals surface area contributed by atoms with Gasteiger partial charge in [0.15, 0.2) is 0 Å². The lowest BCUT2D eigenvalue weighted by Gasteiger charge is -2.26. The van der Waals surface area contributed by atoms with Crippen molar-refractivity contribution in [3.8, 4) is 0 Å². The molecular weight excluding hydrogens is 230 g/mol. The molecule has 0 radical (unpaired) electrons. The first-order chi connectivity index (χ1) is 8.56. The first kappa shape index (κ1) is 14.0. The number of carbonyl (C=O) groups excluding carboxylic acids is 1. The molecule has 1 amide bonds. The molecule has 0 spiro atoms. The lowest BCUT2D eigenvalue weighted by Crippen LogP contribution is -2.39. The number of oxime groups is 1. The molecule has 0 bridgehead atoms. The number of amides is 1. The minimum atomic E-state index is -0.0451. The van der Waals surface area contributed by atoms with Gasteiger partial charge in [0.25, 0.3) is 5.91 Å². The van der Waals surface area contributed by atoms with Crippen LogP contribution in [0.15, 0.2) is 35.5 Å². The molecule has 0 aliphatic rings. The van der Waals surface area contributed by atoms with Crippen LogP contribution in [0, 0.1) is 0 Å². The maximum atomic E-state index is 12.3. The van der Waals surface area contributed by atoms with Crippen molar-refractivity contribution in [2.24, 2.45) is 10.9 Å². The monoisotopic (exact) mass is 249 g/mol. The zero-order valence-corrected chi connectivity index (χ0v) is 10.7. The molecule has 0 heterocycles. The Morgan fingerprint density at radius 3 is 2.50 bits per heavy atom. The molecule has 18 heavy (non-hydrogen) atoms. The molecule has 0 fully saturated rings. The van der Waals surface area contributed by atoms with Gasteiger partial charge in [-0.25, -0.2) is 0 Å². The molecule has 5 nitrogen and oxygen atoms in total. The van der Waals surface area contributed by atoms with E-state index in [0.29, 0.717) is 18.5 Å². The summed E-state index contributed by atoms with van der Waals surface area (Å²) in [6.45, 7) is 4.31. The van der Waals surface area contributed by atoms with Crippen molar-refractivity contribution in [3.05, 3.63) is 35.9 Å². The summed E-state index contributed by atoms with van der Waals surface area (Å²) in [5, 5.41) is 11.4. The number of benzene rings is 1. The Balaban J connectivity index is 2.76. The lowest BCUT2D eigenvalue weighted by molar-refractivity contribution is 0.0711. The van der Waals surface area contributed by atoms with Crippen LogP contribution in [0.5, 0.6) is 0 Å². The normalized spacial score (nSPS) is 11.6. The molecule has 0 unspecified atom stereocenters. The summed E-state index contributed by atoms with van der Waals surface area (Å²) in [4.78, 5) is 14.0. The fourth-order valence-corrected chi connectivity index (χ4v) is 1.63. The lowest BCUT2D eigenvalue weighted by atomic mass is 10.1. The Labute approximate surface area is 107 Å². The number of rotatable bonds is 5. The maximum absolute atomic E-state index is 12.3. The standard InChI is InChI=1S/C13H19N3O2/c1-10(2)16(9-8-12(14)15-18)13(17)11-6-4-3-5-7-11/h3-7,10,18H,8-9H2,1-2H3,(H2,14,15). The van der Waals surface area contributed by atoms with Crippen LogP contribution in [0.1, 0.15) is 30.6 Å². The minimum absolute atomic E-state index is 0.0451. The average Bonchev–Trinajstić information content (AvgIpc) is 2.39. The van der Waals surface area contributed by atoms with Gasteiger partial charge < -0.3 is 15.8 Å². The summed E-state index contributed by atoms with van der Waals surface area (Å²) in [7, 11) is 0. The van der Waals surface area contributed by atoms with Gasteiger partial charge in [-0.2, -0.15) is 0 Å². The summed E-state index contributed by atoms with van der Waals surface area (Å²) < 4.78 is 0. The third-order valence-corrected chi connectivity index (χ3v) is 2.64. The molecule has 0 atom stereocenters. The molecule has 0 aromatic heterocycles. The summed E-state index contributed by atoms with van der Waals surface area (Å²) >= 11 is 0. The van der Waals surface area contributed by atoms with Gasteiger partial charge in [-0.1, -0.05) is 23.4 Å². The van der Waals surface area contributed by atoms with E-state index in [4.69, 9.17) is 10.9 Å². The Kier molecular flexibility index (Phi) is 5.17. The second-order valence-electron chi connectivity index (χ2n) is 4.30. The molecule has 1 rings (SSSR count). The number of hydrogen-bond donors (Lipinski definition) is 2. The Bertz CT molecular complexity index is 416. The topological polar surface area (TPSA) is 78.9 Å². The van der Waals surface area contributed by atoms with Crippen LogP contribution in [0.4, 0.5) is 0 Å². The van der Waals surface area contributed by atoms with Crippen LogP contribution in [-0.4, -0.2) is 34.4 Å². The summed E-state index contributed by atoms with van der Waals surface area (Å²) in [5.74, 6) is 0.0813. The van der Waals surface area contributed by atoms with Crippen molar-refractivity contribution in [1.29, 1.82) is 0 Å². The number of amidine groups is 1. The average molecular weight is 249 g/mol. The van der Waals surface area contributed by atoms with Crippen LogP contribution < -0.4 is 5.73 Å². The first-order valence-corrected chi connectivity index (χ1v) is 5.88. The molecule has 0 saturated carbocycles. The van der Waals surface area contributed by atoms with Gasteiger partial charge in [0.1, 0.15) is 5.84 Å². The first-order valence-electron chi connectivity index (χ1n) is 5.88. The van der Waals surface area contributed by atoms with E-state index < -0.39 is 0 Å². The van der Waals surface area contributed by atoms with Crippen molar-refractivity contribution < 1.29 is 10.0 Å². The number of nitrogens with zero attached hydrogens (tertiary/aromatic N) is 2. The van der Waals surface area contributed by atoms with Gasteiger partial charge in [0.2, 0.25) is 0 Å². The summed E-state index contributed by atoms with van der Waals surface area (Å²) in [6, 6.07) is 9.14. The van der Waals surface area contributed by atoms with Gasteiger partial charge >= 0.3 is 0 Å². The van der Waals surface area contributed by atoms with E-state index in [1.165, 1.54) is 0 Å². The predicted octanol–water partition coefficient (Wildman–Crippen LogP) is 1.67. The number of nitrogens with two attached hydrogens (primary N) is 1. The molecule has 5 heteroatoms. The Morgan fingerprint density at radius 1 is 1.39 bits per heavy atom. The van der Waals surface area contributed by atoms with E-state index in [1.54, 1.807) is 17.0 Å². The minimum Gasteiger partial charge on any atom is -0.409 e. The highest BCUT2D eigenvalue weighted by molar-refractivity contribution is 5.94.